The third-order valence-corrected chi connectivity index (χ3v) is 6.35. The van der Waals surface area contributed by atoms with Gasteiger partial charge in [0.2, 0.25) is 5.91 Å². The molecule has 0 N–H and O–H groups in total. The quantitative estimate of drug-likeness (QED) is 0.772. The van der Waals surface area contributed by atoms with Gasteiger partial charge in [0.1, 0.15) is 12.3 Å². The fraction of sp³-hybridized carbons (Fsp3) is 0.750. The molecule has 0 aliphatic carbocycles. The molecule has 154 valence electrons. The highest BCUT2D eigenvalue weighted by atomic mass is 16.5. The van der Waals surface area contributed by atoms with Crippen LogP contribution in [0.15, 0.2) is 12.5 Å². The van der Waals surface area contributed by atoms with Crippen LogP contribution >= 0.6 is 0 Å². The van der Waals surface area contributed by atoms with Gasteiger partial charge in [-0.15, -0.1) is 0 Å². The maximum absolute atomic E-state index is 12.7. The van der Waals surface area contributed by atoms with Gasteiger partial charge in [-0.25, -0.2) is 4.98 Å². The van der Waals surface area contributed by atoms with Crippen molar-refractivity contribution in [2.75, 3.05) is 39.4 Å². The standard InChI is InChI=1S/C20H30N4O4/c1-22-15-21-13-17(22)19(26)24-9-5-20(6-10-24)12-16(4-11-28-20)27-14-18(25)23-7-2-3-8-23/h13,15-16H,2-12,14H2,1H3. The Morgan fingerprint density at radius 2 is 1.96 bits per heavy atom. The van der Waals surface area contributed by atoms with Gasteiger partial charge in [-0.1, -0.05) is 0 Å². The molecule has 3 aliphatic heterocycles. The summed E-state index contributed by atoms with van der Waals surface area (Å²) in [5, 5.41) is 0. The minimum atomic E-state index is -0.233. The number of piperidine rings is 1. The number of carbonyl (C=O) groups is 2. The van der Waals surface area contributed by atoms with Crippen LogP contribution in [0.1, 0.15) is 49.0 Å². The minimum absolute atomic E-state index is 0.0228. The molecule has 2 amide bonds. The van der Waals surface area contributed by atoms with E-state index >= 15 is 0 Å². The molecule has 0 bridgehead atoms. The molecule has 3 saturated heterocycles. The Balaban J connectivity index is 1.28. The summed E-state index contributed by atoms with van der Waals surface area (Å²) in [5.74, 6) is 0.129. The van der Waals surface area contributed by atoms with Gasteiger partial charge in [-0.3, -0.25) is 9.59 Å². The highest BCUT2D eigenvalue weighted by Crippen LogP contribution is 2.36. The van der Waals surface area contributed by atoms with Gasteiger partial charge < -0.3 is 23.8 Å². The van der Waals surface area contributed by atoms with Crippen molar-refractivity contribution in [1.29, 1.82) is 0 Å². The first-order valence-electron chi connectivity index (χ1n) is 10.4. The molecular formula is C20H30N4O4. The molecule has 1 atom stereocenters. The number of aryl methyl sites for hydroxylation is 1. The Kier molecular flexibility index (Phi) is 5.68. The molecule has 4 rings (SSSR count). The third kappa shape index (κ3) is 4.07. The molecule has 0 radical (unpaired) electrons. The lowest BCUT2D eigenvalue weighted by molar-refractivity contribution is -0.161. The number of aromatic nitrogens is 2. The van der Waals surface area contributed by atoms with E-state index in [1.165, 1.54) is 0 Å². The molecule has 3 aliphatic rings. The second-order valence-corrected chi connectivity index (χ2v) is 8.23. The van der Waals surface area contributed by atoms with E-state index < -0.39 is 0 Å². The summed E-state index contributed by atoms with van der Waals surface area (Å²) in [6.07, 6.45) is 8.74. The maximum Gasteiger partial charge on any atom is 0.272 e. The second-order valence-electron chi connectivity index (χ2n) is 8.23. The molecule has 1 aromatic heterocycles. The van der Waals surface area contributed by atoms with E-state index in [-0.39, 0.29) is 30.1 Å². The topological polar surface area (TPSA) is 76.9 Å². The highest BCUT2D eigenvalue weighted by Gasteiger charge is 2.42. The largest absolute Gasteiger partial charge is 0.375 e. The van der Waals surface area contributed by atoms with Gasteiger partial charge in [0.15, 0.2) is 0 Å². The van der Waals surface area contributed by atoms with E-state index in [0.29, 0.717) is 25.4 Å². The normalized spacial score (nSPS) is 24.7. The first-order valence-corrected chi connectivity index (χ1v) is 10.4. The van der Waals surface area contributed by atoms with Crippen LogP contribution in [0, 0.1) is 0 Å². The Morgan fingerprint density at radius 1 is 1.21 bits per heavy atom. The number of carbonyl (C=O) groups excluding carboxylic acids is 2. The Hall–Kier alpha value is -1.93. The molecule has 28 heavy (non-hydrogen) atoms. The fourth-order valence-corrected chi connectivity index (χ4v) is 4.56. The molecule has 3 fully saturated rings. The van der Waals surface area contributed by atoms with E-state index in [4.69, 9.17) is 9.47 Å². The lowest BCUT2D eigenvalue weighted by Crippen LogP contribution is -2.52. The van der Waals surface area contributed by atoms with Crippen molar-refractivity contribution in [2.24, 2.45) is 7.05 Å². The van der Waals surface area contributed by atoms with Crippen LogP contribution in [0.25, 0.3) is 0 Å². The average molecular weight is 390 g/mol. The highest BCUT2D eigenvalue weighted by molar-refractivity contribution is 5.92. The monoisotopic (exact) mass is 390 g/mol. The summed E-state index contributed by atoms with van der Waals surface area (Å²) in [6, 6.07) is 0. The summed E-state index contributed by atoms with van der Waals surface area (Å²) in [7, 11) is 1.83. The van der Waals surface area contributed by atoms with Crippen LogP contribution in [-0.4, -0.2) is 82.3 Å². The molecule has 8 heteroatoms. The first kappa shape index (κ1) is 19.4. The van der Waals surface area contributed by atoms with Crippen molar-refractivity contribution in [3.63, 3.8) is 0 Å². The molecule has 8 nitrogen and oxygen atoms in total. The molecule has 0 aromatic carbocycles. The number of imidazole rings is 1. The van der Waals surface area contributed by atoms with Crippen molar-refractivity contribution in [3.05, 3.63) is 18.2 Å². The van der Waals surface area contributed by atoms with Crippen molar-refractivity contribution in [1.82, 2.24) is 19.4 Å². The van der Waals surface area contributed by atoms with Gasteiger partial charge in [0.05, 0.1) is 24.2 Å². The number of ether oxygens (including phenoxy) is 2. The molecule has 4 heterocycles. The van der Waals surface area contributed by atoms with Gasteiger partial charge in [0.25, 0.3) is 5.91 Å². The summed E-state index contributed by atoms with van der Waals surface area (Å²) in [5.41, 5.74) is 0.380. The number of amides is 2. The van der Waals surface area contributed by atoms with Crippen LogP contribution in [0.5, 0.6) is 0 Å². The number of likely N-dealkylation sites (tertiary alicyclic amines) is 2. The van der Waals surface area contributed by atoms with Crippen LogP contribution in [-0.2, 0) is 21.3 Å². The van der Waals surface area contributed by atoms with E-state index in [0.717, 1.165) is 51.6 Å². The van der Waals surface area contributed by atoms with E-state index in [9.17, 15) is 9.59 Å². The zero-order chi connectivity index (χ0) is 19.6. The zero-order valence-electron chi connectivity index (χ0n) is 16.6. The summed E-state index contributed by atoms with van der Waals surface area (Å²) >= 11 is 0. The molecule has 1 unspecified atom stereocenters. The van der Waals surface area contributed by atoms with Crippen molar-refractivity contribution < 1.29 is 19.1 Å². The Morgan fingerprint density at radius 3 is 2.64 bits per heavy atom. The molecular weight excluding hydrogens is 360 g/mol. The number of nitrogens with zero attached hydrogens (tertiary/aromatic N) is 4. The number of rotatable bonds is 4. The molecule has 1 aromatic rings. The van der Waals surface area contributed by atoms with Gasteiger partial charge >= 0.3 is 0 Å². The van der Waals surface area contributed by atoms with Crippen LogP contribution in [0.3, 0.4) is 0 Å². The maximum atomic E-state index is 12.7. The first-order chi connectivity index (χ1) is 13.6. The summed E-state index contributed by atoms with van der Waals surface area (Å²) in [6.45, 7) is 3.89. The fourth-order valence-electron chi connectivity index (χ4n) is 4.56. The lowest BCUT2D eigenvalue weighted by atomic mass is 9.83. The molecule has 1 spiro atoms. The predicted molar refractivity (Wildman–Crippen MR) is 102 cm³/mol. The van der Waals surface area contributed by atoms with Gasteiger partial charge in [-0.05, 0) is 32.1 Å². The smallest absolute Gasteiger partial charge is 0.272 e. The van der Waals surface area contributed by atoms with Gasteiger partial charge in [-0.2, -0.15) is 0 Å². The van der Waals surface area contributed by atoms with Crippen molar-refractivity contribution in [2.45, 2.75) is 50.2 Å². The van der Waals surface area contributed by atoms with E-state index in [2.05, 4.69) is 4.98 Å². The zero-order valence-corrected chi connectivity index (χ0v) is 16.6. The van der Waals surface area contributed by atoms with E-state index in [1.807, 2.05) is 16.8 Å². The summed E-state index contributed by atoms with van der Waals surface area (Å²) < 4.78 is 13.9. The van der Waals surface area contributed by atoms with Gasteiger partial charge in [0, 0.05) is 46.3 Å². The third-order valence-electron chi connectivity index (χ3n) is 6.35. The Bertz CT molecular complexity index is 705. The van der Waals surface area contributed by atoms with Crippen LogP contribution < -0.4 is 0 Å². The van der Waals surface area contributed by atoms with E-state index in [1.54, 1.807) is 17.1 Å². The lowest BCUT2D eigenvalue weighted by Gasteiger charge is -2.46. The van der Waals surface area contributed by atoms with Crippen molar-refractivity contribution >= 4 is 11.8 Å². The molecule has 0 saturated carbocycles. The minimum Gasteiger partial charge on any atom is -0.375 e. The number of hydrogen-bond donors (Lipinski definition) is 0. The predicted octanol–water partition coefficient (Wildman–Crippen LogP) is 1.21. The number of hydrogen-bond acceptors (Lipinski definition) is 5. The van der Waals surface area contributed by atoms with Crippen molar-refractivity contribution in [3.8, 4) is 0 Å². The Labute approximate surface area is 165 Å². The van der Waals surface area contributed by atoms with Crippen LogP contribution in [0.4, 0.5) is 0 Å². The average Bonchev–Trinajstić information content (AvgIpc) is 3.38. The van der Waals surface area contributed by atoms with Crippen LogP contribution in [0.2, 0.25) is 0 Å². The second kappa shape index (κ2) is 8.21. The SMILES string of the molecule is Cn1cncc1C(=O)N1CCC2(CC1)CC(OCC(=O)N1CCCC1)CCO2. The summed E-state index contributed by atoms with van der Waals surface area (Å²) in [4.78, 5) is 32.7.